The van der Waals surface area contributed by atoms with Crippen LogP contribution >= 0.6 is 11.5 Å². The fourth-order valence-corrected chi connectivity index (χ4v) is 4.13. The summed E-state index contributed by atoms with van der Waals surface area (Å²) in [6, 6.07) is 1.43. The van der Waals surface area contributed by atoms with Crippen molar-refractivity contribution in [1.29, 1.82) is 0 Å². The minimum absolute atomic E-state index is 0.117. The van der Waals surface area contributed by atoms with Crippen LogP contribution in [-0.2, 0) is 0 Å². The summed E-state index contributed by atoms with van der Waals surface area (Å²) in [5, 5.41) is 7.91. The zero-order valence-electron chi connectivity index (χ0n) is 14.8. The third-order valence-electron chi connectivity index (χ3n) is 4.88. The fourth-order valence-electron chi connectivity index (χ4n) is 3.50. The number of aromatic nitrogens is 4. The molecule has 3 aromatic heterocycles. The largest absolute Gasteiger partial charge is 0.337 e. The predicted molar refractivity (Wildman–Crippen MR) is 94.0 cm³/mol. The minimum atomic E-state index is -2.65. The van der Waals surface area contributed by atoms with E-state index in [2.05, 4.69) is 19.7 Å². The molecule has 1 aliphatic heterocycles. The summed E-state index contributed by atoms with van der Waals surface area (Å²) < 4.78 is 36.1. The van der Waals surface area contributed by atoms with E-state index >= 15 is 0 Å². The van der Waals surface area contributed by atoms with Crippen LogP contribution in [0.25, 0.3) is 11.1 Å². The van der Waals surface area contributed by atoms with E-state index in [4.69, 9.17) is 4.52 Å². The normalized spacial score (nSPS) is 17.8. The number of pyridine rings is 1. The Morgan fingerprint density at radius 3 is 2.89 bits per heavy atom. The SMILES string of the molecule is Cc1nnsc1C(=O)N1CCC[C@@H](c2cc(C(F)F)c3c(C)noc3n2)C1. The summed E-state index contributed by atoms with van der Waals surface area (Å²) in [7, 11) is 0. The van der Waals surface area contributed by atoms with Crippen molar-refractivity contribution in [3.8, 4) is 0 Å². The molecule has 1 aliphatic rings. The van der Waals surface area contributed by atoms with Gasteiger partial charge in [-0.05, 0) is 44.3 Å². The van der Waals surface area contributed by atoms with Crippen LogP contribution in [0.5, 0.6) is 0 Å². The Labute approximate surface area is 157 Å². The molecule has 7 nitrogen and oxygen atoms in total. The number of aryl methyl sites for hydroxylation is 2. The van der Waals surface area contributed by atoms with Gasteiger partial charge in [0.15, 0.2) is 0 Å². The highest BCUT2D eigenvalue weighted by molar-refractivity contribution is 7.07. The van der Waals surface area contributed by atoms with Crippen molar-refractivity contribution < 1.29 is 18.1 Å². The van der Waals surface area contributed by atoms with E-state index in [9.17, 15) is 13.6 Å². The van der Waals surface area contributed by atoms with E-state index in [1.165, 1.54) is 6.07 Å². The first kappa shape index (κ1) is 17.9. The van der Waals surface area contributed by atoms with Gasteiger partial charge in [0, 0.05) is 30.3 Å². The Hall–Kier alpha value is -2.49. The van der Waals surface area contributed by atoms with Gasteiger partial charge in [-0.2, -0.15) is 0 Å². The average Bonchev–Trinajstić information content (AvgIpc) is 3.26. The summed E-state index contributed by atoms with van der Waals surface area (Å²) in [5.41, 5.74) is 1.49. The van der Waals surface area contributed by atoms with Gasteiger partial charge in [0.25, 0.3) is 18.0 Å². The second-order valence-corrected chi connectivity index (χ2v) is 7.42. The number of fused-ring (bicyclic) bond motifs is 1. The van der Waals surface area contributed by atoms with Gasteiger partial charge in [-0.1, -0.05) is 9.64 Å². The van der Waals surface area contributed by atoms with E-state index in [-0.39, 0.29) is 28.5 Å². The molecule has 4 rings (SSSR count). The highest BCUT2D eigenvalue weighted by atomic mass is 32.1. The summed E-state index contributed by atoms with van der Waals surface area (Å²) in [6.45, 7) is 4.38. The lowest BCUT2D eigenvalue weighted by Crippen LogP contribution is -2.39. The second-order valence-electron chi connectivity index (χ2n) is 6.66. The van der Waals surface area contributed by atoms with Crippen molar-refractivity contribution in [2.75, 3.05) is 13.1 Å². The number of carbonyl (C=O) groups excluding carboxylic acids is 1. The molecule has 0 spiro atoms. The lowest BCUT2D eigenvalue weighted by atomic mass is 9.92. The maximum atomic E-state index is 13.6. The number of carbonyl (C=O) groups is 1. The Balaban J connectivity index is 1.65. The molecule has 0 aromatic carbocycles. The molecule has 0 N–H and O–H groups in total. The number of rotatable bonds is 3. The number of hydrogen-bond acceptors (Lipinski definition) is 7. The first-order valence-electron chi connectivity index (χ1n) is 8.59. The molecule has 1 amide bonds. The maximum absolute atomic E-state index is 13.6. The topological polar surface area (TPSA) is 85.0 Å². The Morgan fingerprint density at radius 2 is 2.19 bits per heavy atom. The number of amides is 1. The molecule has 3 aromatic rings. The monoisotopic (exact) mass is 393 g/mol. The molecule has 1 fully saturated rings. The Morgan fingerprint density at radius 1 is 1.37 bits per heavy atom. The van der Waals surface area contributed by atoms with Crippen LogP contribution in [0.2, 0.25) is 0 Å². The number of halogens is 2. The maximum Gasteiger partial charge on any atom is 0.267 e. The summed E-state index contributed by atoms with van der Waals surface area (Å²) >= 11 is 1.07. The molecule has 0 bridgehead atoms. The van der Waals surface area contributed by atoms with Gasteiger partial charge in [0.2, 0.25) is 0 Å². The first-order valence-corrected chi connectivity index (χ1v) is 9.36. The van der Waals surface area contributed by atoms with Crippen molar-refractivity contribution >= 4 is 28.5 Å². The first-order chi connectivity index (χ1) is 13.0. The predicted octanol–water partition coefficient (Wildman–Crippen LogP) is 3.65. The average molecular weight is 393 g/mol. The summed E-state index contributed by atoms with van der Waals surface area (Å²) in [6.07, 6.45) is -1.13. The van der Waals surface area contributed by atoms with Crippen LogP contribution in [0, 0.1) is 13.8 Å². The van der Waals surface area contributed by atoms with Crippen LogP contribution in [0.15, 0.2) is 10.6 Å². The van der Waals surface area contributed by atoms with Gasteiger partial charge in [-0.3, -0.25) is 4.79 Å². The van der Waals surface area contributed by atoms with Gasteiger partial charge >= 0.3 is 0 Å². The van der Waals surface area contributed by atoms with Gasteiger partial charge in [-0.25, -0.2) is 13.8 Å². The Kier molecular flexibility index (Phi) is 4.58. The smallest absolute Gasteiger partial charge is 0.267 e. The second kappa shape index (κ2) is 6.91. The standard InChI is InChI=1S/C17H17F2N5O2S/c1-8-13-11(15(18)19)6-12(20-16(13)26-22-8)10-4-3-5-24(7-10)17(25)14-9(2)21-23-27-14/h6,10,15H,3-5,7H2,1-2H3/t10-/m1/s1. The lowest BCUT2D eigenvalue weighted by molar-refractivity contribution is 0.0709. The van der Waals surface area contributed by atoms with Crippen molar-refractivity contribution in [2.45, 2.75) is 39.0 Å². The number of piperidine rings is 1. The van der Waals surface area contributed by atoms with Gasteiger partial charge in [-0.15, -0.1) is 5.10 Å². The van der Waals surface area contributed by atoms with Gasteiger partial charge in [0.1, 0.15) is 4.88 Å². The highest BCUT2D eigenvalue weighted by Gasteiger charge is 2.30. The molecule has 142 valence electrons. The molecule has 0 unspecified atom stereocenters. The van der Waals surface area contributed by atoms with E-state index in [1.807, 2.05) is 0 Å². The molecular weight excluding hydrogens is 376 g/mol. The quantitative estimate of drug-likeness (QED) is 0.675. The minimum Gasteiger partial charge on any atom is -0.337 e. The number of likely N-dealkylation sites (tertiary alicyclic amines) is 1. The zero-order chi connectivity index (χ0) is 19.1. The summed E-state index contributed by atoms with van der Waals surface area (Å²) in [4.78, 5) is 19.4. The van der Waals surface area contributed by atoms with Crippen molar-refractivity contribution in [3.63, 3.8) is 0 Å². The number of alkyl halides is 2. The van der Waals surface area contributed by atoms with Crippen LogP contribution in [0.4, 0.5) is 8.78 Å². The molecule has 1 atom stereocenters. The van der Waals surface area contributed by atoms with Gasteiger partial charge < -0.3 is 9.42 Å². The van der Waals surface area contributed by atoms with Gasteiger partial charge in [0.05, 0.1) is 16.8 Å². The molecular formula is C17H17F2N5O2S. The van der Waals surface area contributed by atoms with Crippen molar-refractivity contribution in [2.24, 2.45) is 0 Å². The number of hydrogen-bond donors (Lipinski definition) is 0. The fraction of sp³-hybridized carbons (Fsp3) is 0.471. The molecule has 0 saturated carbocycles. The third kappa shape index (κ3) is 3.18. The molecule has 0 aliphatic carbocycles. The molecule has 10 heteroatoms. The van der Waals surface area contributed by atoms with Crippen LogP contribution < -0.4 is 0 Å². The summed E-state index contributed by atoms with van der Waals surface area (Å²) in [5.74, 6) is -0.269. The van der Waals surface area contributed by atoms with Crippen LogP contribution in [-0.4, -0.2) is 43.6 Å². The van der Waals surface area contributed by atoms with E-state index < -0.39 is 6.43 Å². The van der Waals surface area contributed by atoms with E-state index in [1.54, 1.807) is 18.7 Å². The molecule has 0 radical (unpaired) electrons. The lowest BCUT2D eigenvalue weighted by Gasteiger charge is -2.32. The highest BCUT2D eigenvalue weighted by Crippen LogP contribution is 2.34. The number of nitrogens with zero attached hydrogens (tertiary/aromatic N) is 5. The molecule has 4 heterocycles. The van der Waals surface area contributed by atoms with Crippen molar-refractivity contribution in [1.82, 2.24) is 24.6 Å². The molecule has 27 heavy (non-hydrogen) atoms. The molecule has 1 saturated heterocycles. The third-order valence-corrected chi connectivity index (χ3v) is 5.69. The zero-order valence-corrected chi connectivity index (χ0v) is 15.6. The van der Waals surface area contributed by atoms with Crippen LogP contribution in [0.1, 0.15) is 57.5 Å². The Bertz CT molecular complexity index is 1000. The van der Waals surface area contributed by atoms with E-state index in [0.717, 1.165) is 24.4 Å². The van der Waals surface area contributed by atoms with Crippen LogP contribution in [0.3, 0.4) is 0 Å². The van der Waals surface area contributed by atoms with E-state index in [0.29, 0.717) is 35.0 Å². The van der Waals surface area contributed by atoms with Crippen molar-refractivity contribution in [3.05, 3.63) is 33.6 Å².